The van der Waals surface area contributed by atoms with Crippen LogP contribution in [-0.2, 0) is 0 Å². The molecule has 1 atom stereocenters. The van der Waals surface area contributed by atoms with Gasteiger partial charge >= 0.3 is 0 Å². The first-order valence-corrected chi connectivity index (χ1v) is 7.61. The maximum absolute atomic E-state index is 10.0. The first-order chi connectivity index (χ1) is 10.1. The Morgan fingerprint density at radius 1 is 1.29 bits per heavy atom. The molecule has 1 aliphatic heterocycles. The Morgan fingerprint density at radius 3 is 2.62 bits per heavy atom. The van der Waals surface area contributed by atoms with Crippen LogP contribution in [0, 0.1) is 0 Å². The first kappa shape index (κ1) is 16.1. The zero-order valence-corrected chi connectivity index (χ0v) is 13.3. The summed E-state index contributed by atoms with van der Waals surface area (Å²) in [5.74, 6) is 0.967. The summed E-state index contributed by atoms with van der Waals surface area (Å²) in [6.45, 7) is 8.63. The number of methoxy groups -OCH3 is 1. The molecule has 1 aromatic carbocycles. The normalized spacial score (nSPS) is 18.6. The highest BCUT2D eigenvalue weighted by Crippen LogP contribution is 2.28. The fraction of sp³-hybridized carbons (Fsp3) is 0.625. The number of phenolic OH excluding ortho intramolecular Hbond substituents is 1. The average molecular weight is 293 g/mol. The van der Waals surface area contributed by atoms with Crippen molar-refractivity contribution in [3.05, 3.63) is 23.8 Å². The second kappa shape index (κ2) is 7.64. The van der Waals surface area contributed by atoms with E-state index in [9.17, 15) is 5.11 Å². The third-order valence-corrected chi connectivity index (χ3v) is 4.18. The highest BCUT2D eigenvalue weighted by Gasteiger charge is 2.14. The lowest BCUT2D eigenvalue weighted by atomic mass is 10.1. The predicted octanol–water partition coefficient (Wildman–Crippen LogP) is 1.30. The number of aromatic hydroxyl groups is 1. The molecule has 1 aliphatic rings. The minimum absolute atomic E-state index is 0.128. The molecule has 0 aromatic heterocycles. The van der Waals surface area contributed by atoms with Crippen LogP contribution in [0.1, 0.15) is 18.5 Å². The quantitative estimate of drug-likeness (QED) is 0.828. The van der Waals surface area contributed by atoms with Crippen LogP contribution >= 0.6 is 0 Å². The van der Waals surface area contributed by atoms with Crippen LogP contribution in [0.4, 0.5) is 0 Å². The van der Waals surface area contributed by atoms with E-state index in [1.54, 1.807) is 13.2 Å². The van der Waals surface area contributed by atoms with Gasteiger partial charge in [0.25, 0.3) is 0 Å². The fourth-order valence-corrected chi connectivity index (χ4v) is 2.64. The zero-order valence-electron chi connectivity index (χ0n) is 13.3. The second-order valence-electron chi connectivity index (χ2n) is 5.75. The lowest BCUT2D eigenvalue weighted by Crippen LogP contribution is -2.46. The van der Waals surface area contributed by atoms with Gasteiger partial charge in [-0.05, 0) is 20.0 Å². The number of hydrogen-bond donors (Lipinski definition) is 2. The predicted molar refractivity (Wildman–Crippen MR) is 85.0 cm³/mol. The minimum Gasteiger partial charge on any atom is -0.507 e. The molecule has 0 radical (unpaired) electrons. The number of likely N-dealkylation sites (N-methyl/N-ethyl adjacent to an activating group) is 1. The molecule has 0 saturated carbocycles. The fourth-order valence-electron chi connectivity index (χ4n) is 2.64. The lowest BCUT2D eigenvalue weighted by Gasteiger charge is -2.32. The van der Waals surface area contributed by atoms with Gasteiger partial charge in [0.2, 0.25) is 0 Å². The largest absolute Gasteiger partial charge is 0.507 e. The van der Waals surface area contributed by atoms with Crippen molar-refractivity contribution in [3.8, 4) is 11.5 Å². The Morgan fingerprint density at radius 2 is 2.00 bits per heavy atom. The summed E-state index contributed by atoms with van der Waals surface area (Å²) >= 11 is 0. The highest BCUT2D eigenvalue weighted by atomic mass is 16.5. The molecular formula is C16H27N3O2. The van der Waals surface area contributed by atoms with Gasteiger partial charge in [0, 0.05) is 56.9 Å². The summed E-state index contributed by atoms with van der Waals surface area (Å²) in [5.41, 5.74) is 0.911. The van der Waals surface area contributed by atoms with Gasteiger partial charge in [-0.25, -0.2) is 0 Å². The maximum atomic E-state index is 10.0. The summed E-state index contributed by atoms with van der Waals surface area (Å²) in [5, 5.41) is 13.5. The van der Waals surface area contributed by atoms with Crippen LogP contribution in [0.15, 0.2) is 18.2 Å². The summed E-state index contributed by atoms with van der Waals surface area (Å²) < 4.78 is 5.11. The van der Waals surface area contributed by atoms with Crippen molar-refractivity contribution < 1.29 is 9.84 Å². The SMILES string of the molecule is COc1ccc(C(C)NCCN2CCN(C)CC2)c(O)c1. The molecule has 2 N–H and O–H groups in total. The van der Waals surface area contributed by atoms with Gasteiger partial charge in [0.15, 0.2) is 0 Å². The Labute approximate surface area is 127 Å². The molecule has 0 bridgehead atoms. The van der Waals surface area contributed by atoms with Crippen molar-refractivity contribution in [1.82, 2.24) is 15.1 Å². The summed E-state index contributed by atoms with van der Waals surface area (Å²) in [6.07, 6.45) is 0. The molecule has 1 fully saturated rings. The van der Waals surface area contributed by atoms with E-state index in [2.05, 4.69) is 29.1 Å². The van der Waals surface area contributed by atoms with Crippen molar-refractivity contribution in [2.45, 2.75) is 13.0 Å². The van der Waals surface area contributed by atoms with Gasteiger partial charge in [0.1, 0.15) is 11.5 Å². The number of ether oxygens (including phenoxy) is 1. The minimum atomic E-state index is 0.128. The third kappa shape index (κ3) is 4.59. The standard InChI is InChI=1S/C16H27N3O2/c1-13(15-5-4-14(21-3)12-16(15)20)17-6-7-19-10-8-18(2)9-11-19/h4-5,12-13,17,20H,6-11H2,1-3H3. The summed E-state index contributed by atoms with van der Waals surface area (Å²) in [6, 6.07) is 5.59. The number of rotatable bonds is 6. The number of nitrogens with one attached hydrogen (secondary N) is 1. The van der Waals surface area contributed by atoms with E-state index in [1.165, 1.54) is 0 Å². The lowest BCUT2D eigenvalue weighted by molar-refractivity contribution is 0.154. The number of benzene rings is 1. The Kier molecular flexibility index (Phi) is 5.85. The van der Waals surface area contributed by atoms with Gasteiger partial charge in [-0.2, -0.15) is 0 Å². The van der Waals surface area contributed by atoms with E-state index in [1.807, 2.05) is 12.1 Å². The Bertz CT molecular complexity index is 445. The zero-order chi connectivity index (χ0) is 15.2. The van der Waals surface area contributed by atoms with Crippen LogP contribution < -0.4 is 10.1 Å². The molecule has 1 saturated heterocycles. The molecule has 1 aromatic rings. The summed E-state index contributed by atoms with van der Waals surface area (Å²) in [4.78, 5) is 4.84. The van der Waals surface area contributed by atoms with Crippen LogP contribution in [0.25, 0.3) is 0 Å². The number of piperazine rings is 1. The molecule has 118 valence electrons. The Hall–Kier alpha value is -1.30. The molecule has 0 spiro atoms. The monoisotopic (exact) mass is 293 g/mol. The van der Waals surface area contributed by atoms with E-state index in [4.69, 9.17) is 4.74 Å². The number of nitrogens with zero attached hydrogens (tertiary/aromatic N) is 2. The second-order valence-corrected chi connectivity index (χ2v) is 5.75. The molecule has 1 unspecified atom stereocenters. The van der Waals surface area contributed by atoms with Gasteiger partial charge in [-0.15, -0.1) is 0 Å². The van der Waals surface area contributed by atoms with Crippen LogP contribution in [0.2, 0.25) is 0 Å². The number of hydrogen-bond acceptors (Lipinski definition) is 5. The third-order valence-electron chi connectivity index (χ3n) is 4.18. The van der Waals surface area contributed by atoms with Crippen LogP contribution in [0.5, 0.6) is 11.5 Å². The smallest absolute Gasteiger partial charge is 0.124 e. The number of phenols is 1. The van der Waals surface area contributed by atoms with Crippen molar-refractivity contribution in [3.63, 3.8) is 0 Å². The van der Waals surface area contributed by atoms with Crippen LogP contribution in [-0.4, -0.2) is 68.3 Å². The molecule has 0 amide bonds. The van der Waals surface area contributed by atoms with Gasteiger partial charge in [-0.3, -0.25) is 4.90 Å². The average Bonchev–Trinajstić information content (AvgIpc) is 2.49. The van der Waals surface area contributed by atoms with Crippen molar-refractivity contribution >= 4 is 0 Å². The van der Waals surface area contributed by atoms with E-state index >= 15 is 0 Å². The molecule has 1 heterocycles. The first-order valence-electron chi connectivity index (χ1n) is 7.61. The molecular weight excluding hydrogens is 266 g/mol. The van der Waals surface area contributed by atoms with Gasteiger partial charge in [0.05, 0.1) is 7.11 Å². The molecule has 0 aliphatic carbocycles. The van der Waals surface area contributed by atoms with Crippen LogP contribution in [0.3, 0.4) is 0 Å². The van der Waals surface area contributed by atoms with E-state index in [0.29, 0.717) is 5.75 Å². The highest BCUT2D eigenvalue weighted by molar-refractivity contribution is 5.41. The summed E-state index contributed by atoms with van der Waals surface area (Å²) in [7, 11) is 3.77. The van der Waals surface area contributed by atoms with Crippen molar-refractivity contribution in [2.24, 2.45) is 0 Å². The van der Waals surface area contributed by atoms with Gasteiger partial charge in [-0.1, -0.05) is 6.07 Å². The molecule has 2 rings (SSSR count). The van der Waals surface area contributed by atoms with E-state index < -0.39 is 0 Å². The molecule has 21 heavy (non-hydrogen) atoms. The van der Waals surface area contributed by atoms with Crippen molar-refractivity contribution in [2.75, 3.05) is 53.4 Å². The maximum Gasteiger partial charge on any atom is 0.124 e. The van der Waals surface area contributed by atoms with E-state index in [0.717, 1.165) is 44.8 Å². The van der Waals surface area contributed by atoms with E-state index in [-0.39, 0.29) is 11.8 Å². The molecule has 5 nitrogen and oxygen atoms in total. The van der Waals surface area contributed by atoms with Crippen molar-refractivity contribution in [1.29, 1.82) is 0 Å². The topological polar surface area (TPSA) is 48.0 Å². The Balaban J connectivity index is 1.78. The molecule has 5 heteroatoms. The van der Waals surface area contributed by atoms with Gasteiger partial charge < -0.3 is 20.1 Å².